The van der Waals surface area contributed by atoms with Crippen LogP contribution in [0.3, 0.4) is 0 Å². The first-order valence-corrected chi connectivity index (χ1v) is 36.2. The third-order valence-corrected chi connectivity index (χ3v) is 17.7. The van der Waals surface area contributed by atoms with E-state index in [2.05, 4.69) is 69.2 Å². The van der Waals surface area contributed by atoms with Gasteiger partial charge in [-0.1, -0.05) is 112 Å². The summed E-state index contributed by atoms with van der Waals surface area (Å²) in [6.07, 6.45) is -3.25. The molecule has 0 bridgehead atoms. The number of pyridine rings is 1. The number of hydrogen-bond donors (Lipinski definition) is 14. The lowest BCUT2D eigenvalue weighted by molar-refractivity contribution is -0.344. The Morgan fingerprint density at radius 3 is 1.62 bits per heavy atom. The van der Waals surface area contributed by atoms with Crippen molar-refractivity contribution in [3.05, 3.63) is 143 Å². The van der Waals surface area contributed by atoms with Crippen LogP contribution < -0.4 is 75.1 Å². The van der Waals surface area contributed by atoms with Crippen molar-refractivity contribution in [3.63, 3.8) is 0 Å². The number of carbonyl (C=O) groups is 14. The number of aliphatic hydroxyl groups is 1. The van der Waals surface area contributed by atoms with Crippen molar-refractivity contribution in [1.29, 1.82) is 0 Å². The number of halogens is 4. The number of hydrogen-bond acceptors (Lipinski definition) is 18. The number of quaternary nitrogens is 1. The Bertz CT molecular complexity index is 4070. The highest BCUT2D eigenvalue weighted by atomic mass is 35.5. The summed E-state index contributed by atoms with van der Waals surface area (Å²) in [6.45, 7) is 11.2. The Labute approximate surface area is 644 Å². The van der Waals surface area contributed by atoms with Crippen LogP contribution in [0.1, 0.15) is 109 Å². The average molecular weight is 1570 g/mol. The molecular weight excluding hydrogens is 1470 g/mol. The fourth-order valence-corrected chi connectivity index (χ4v) is 11.8. The van der Waals surface area contributed by atoms with Crippen LogP contribution in [-0.2, 0) is 88.0 Å². The monoisotopic (exact) mass is 1570 g/mol. The van der Waals surface area contributed by atoms with E-state index in [1.54, 1.807) is 62.4 Å². The molecule has 1 unspecified atom stereocenters. The number of carboxylic acid groups (broad SMARTS) is 1. The van der Waals surface area contributed by atoms with Gasteiger partial charge in [-0.15, -0.1) is 0 Å². The summed E-state index contributed by atoms with van der Waals surface area (Å²) in [4.78, 5) is 196. The van der Waals surface area contributed by atoms with Crippen LogP contribution >= 0.6 is 11.6 Å². The van der Waals surface area contributed by atoms with Gasteiger partial charge in [-0.05, 0) is 121 Å². The number of aromatic nitrogens is 1. The number of rotatable bonds is 38. The maximum Gasteiger partial charge on any atom is 0.430 e. The maximum absolute atomic E-state index is 15.0. The van der Waals surface area contributed by atoms with Gasteiger partial charge in [0.2, 0.25) is 59.1 Å². The van der Waals surface area contributed by atoms with Gasteiger partial charge in [0.1, 0.15) is 60.3 Å². The summed E-state index contributed by atoms with van der Waals surface area (Å²) in [5.74, 6) is -12.8. The minimum atomic E-state index is -5.19. The molecule has 1 saturated heterocycles. The molecule has 36 heteroatoms. The van der Waals surface area contributed by atoms with Gasteiger partial charge in [0.15, 0.2) is 6.17 Å². The Hall–Kier alpha value is -11.2. The van der Waals surface area contributed by atoms with Gasteiger partial charge in [0.05, 0.1) is 6.61 Å². The van der Waals surface area contributed by atoms with E-state index in [-0.39, 0.29) is 69.4 Å². The molecule has 1 aromatic heterocycles. The van der Waals surface area contributed by atoms with Crippen molar-refractivity contribution < 1.29 is 96.2 Å². The first kappa shape index (κ1) is 90.4. The number of amides is 14. The number of likely N-dealkylation sites (tertiary alicyclic amines) is 1. The molecule has 0 spiro atoms. The number of nitrogens with two attached hydrogens (primary N) is 1. The molecule has 14 amide bonds. The number of aliphatic carboxylic acids is 1. The molecule has 1 fully saturated rings. The highest BCUT2D eigenvalue weighted by molar-refractivity contribution is 6.30. The number of unbranched alkanes of at least 4 members (excludes halogenated alkanes) is 1. The number of anilines is 1. The first-order valence-electron chi connectivity index (χ1n) is 35.8. The van der Waals surface area contributed by atoms with Crippen LogP contribution in [0.5, 0.6) is 0 Å². The number of alkyl halides is 3. The normalized spacial score (nSPS) is 15.0. The molecule has 17 N–H and O–H groups in total. The zero-order valence-corrected chi connectivity index (χ0v) is 63.6. The molecule has 4 aromatic carbocycles. The molecule has 10 atom stereocenters. The minimum absolute atomic E-state index is 0.00699. The Balaban J connectivity index is 0.00000300. The van der Waals surface area contributed by atoms with E-state index < -0.39 is 150 Å². The molecule has 0 aliphatic carbocycles. The molecule has 602 valence electrons. The molecule has 6 rings (SSSR count). The SMILES string of the molecule is CC(=O)Nc1ccc(C[C@@H](NC(=O)C(NC(=O)[C@H](CO)NC(=O)[C@@H](Cc2cccnc2)NC(=O)[C@@H](Cc2ccc(Cl)cc2)NC(=O)[C@@H](Cc2ccc3ccccc3c2)NC(C)=O)N(C)C(N)=O)C(=O)N[C@@H](CC(C)C)C(=O)N[C@@H](CCCCNC(C)C)C(=O)N2CCC[C@H]2C(=O)N[C@H](C)C([NH3+])=O)cc1.O=C([O-])C(F)(F)F. The minimum Gasteiger partial charge on any atom is -0.542 e. The summed E-state index contributed by atoms with van der Waals surface area (Å²) in [5.41, 5.74) is 11.5. The molecule has 1 aliphatic rings. The summed E-state index contributed by atoms with van der Waals surface area (Å²) < 4.78 is 31.5. The third-order valence-electron chi connectivity index (χ3n) is 17.5. The number of urea groups is 1. The van der Waals surface area contributed by atoms with Crippen LogP contribution in [0.25, 0.3) is 10.8 Å². The van der Waals surface area contributed by atoms with Crippen LogP contribution in [0, 0.1) is 5.92 Å². The van der Waals surface area contributed by atoms with E-state index in [9.17, 15) is 80.6 Å². The number of carbonyl (C=O) groups excluding carboxylic acids is 14. The van der Waals surface area contributed by atoms with Gasteiger partial charge in [-0.2, -0.15) is 13.2 Å². The third kappa shape index (κ3) is 30.3. The van der Waals surface area contributed by atoms with E-state index in [4.69, 9.17) is 27.2 Å². The topological polar surface area (TPSA) is 488 Å². The predicted molar refractivity (Wildman–Crippen MR) is 398 cm³/mol. The second-order valence-electron chi connectivity index (χ2n) is 27.4. The lowest BCUT2D eigenvalue weighted by atomic mass is 9.99. The van der Waals surface area contributed by atoms with Crippen molar-refractivity contribution in [2.24, 2.45) is 11.7 Å². The van der Waals surface area contributed by atoms with Crippen molar-refractivity contribution in [2.75, 3.05) is 32.1 Å². The van der Waals surface area contributed by atoms with Gasteiger partial charge in [0, 0.05) is 82.3 Å². The quantitative estimate of drug-likeness (QED) is 0.0179. The molecule has 32 nitrogen and oxygen atoms in total. The maximum atomic E-state index is 15.0. The largest absolute Gasteiger partial charge is 0.542 e. The molecule has 111 heavy (non-hydrogen) atoms. The Morgan fingerprint density at radius 2 is 1.11 bits per heavy atom. The zero-order chi connectivity index (χ0) is 82.4. The number of aliphatic hydroxyl groups excluding tert-OH is 1. The molecule has 0 radical (unpaired) electrons. The van der Waals surface area contributed by atoms with E-state index in [0.29, 0.717) is 63.7 Å². The van der Waals surface area contributed by atoms with E-state index in [1.807, 2.05) is 56.3 Å². The van der Waals surface area contributed by atoms with Gasteiger partial charge in [-0.25, -0.2) is 9.59 Å². The van der Waals surface area contributed by atoms with Crippen molar-refractivity contribution in [1.82, 2.24) is 68.0 Å². The fraction of sp³-hybridized carbons (Fsp3) is 0.453. The number of carboxylic acids is 1. The van der Waals surface area contributed by atoms with Crippen LogP contribution in [0.4, 0.5) is 23.7 Å². The van der Waals surface area contributed by atoms with Crippen molar-refractivity contribution in [3.8, 4) is 0 Å². The number of fused-ring (bicyclic) bond motifs is 1. The van der Waals surface area contributed by atoms with E-state index >= 15 is 0 Å². The second kappa shape index (κ2) is 43.9. The van der Waals surface area contributed by atoms with Gasteiger partial charge in [0.25, 0.3) is 5.91 Å². The summed E-state index contributed by atoms with van der Waals surface area (Å²) in [7, 11) is 1.04. The number of likely N-dealkylation sites (N-methyl/N-ethyl adjacent to an activating group) is 1. The lowest BCUT2D eigenvalue weighted by Gasteiger charge is -2.31. The standard InChI is InChI=1S/C73H97ClN16O14.C2HF3O2/c1-41(2)33-55(64(95)82-54(18-11-12-31-78-42(3)4)72(103)90-32-14-19-61(90)70(101)79-43(5)62(75)94)83-67(98)58(36-47-23-28-53(29-24-47)80-44(6)92)86-71(102)63(89(8)73(76)104)88-69(100)60(40-91)87-68(99)59(38-49-15-13-30-77-39-49)85-66(97)57(35-46-21-26-52(74)27-22-46)84-65(96)56(81-45(7)93)37-48-20-25-50-16-9-10-17-51(50)34-48;3-2(4,5)1(6)7/h9-10,13,15-17,20-30,34,39,41-43,54-61,63,78,91H,11-12,14,18-19,31-33,35-38,40H2,1-8H3,(H2,75,94)(H2,76,104)(H,79,101)(H,80,92)(H,81,93)(H,82,95)(H,83,98)(H,84,96)(H,85,97)(H,86,102)(H,87,99)(H,88,100);(H,6,7)/t43-,54+,55+,56-,57-,58-,59-,60+,61+,63?;/m1./s1. The lowest BCUT2D eigenvalue weighted by Crippen LogP contribution is -2.66. The number of primary amides is 1. The highest BCUT2D eigenvalue weighted by Crippen LogP contribution is 2.23. The van der Waals surface area contributed by atoms with Crippen molar-refractivity contribution in [2.45, 2.75) is 185 Å². The fourth-order valence-electron chi connectivity index (χ4n) is 11.7. The van der Waals surface area contributed by atoms with Gasteiger partial charge < -0.3 is 84.1 Å². The number of nitrogens with zero attached hydrogens (tertiary/aromatic N) is 3. The second-order valence-corrected chi connectivity index (χ2v) is 27.9. The van der Waals surface area contributed by atoms with E-state index in [0.717, 1.165) is 17.8 Å². The molecule has 5 aromatic rings. The Morgan fingerprint density at radius 1 is 0.613 bits per heavy atom. The van der Waals surface area contributed by atoms with Crippen molar-refractivity contribution >= 4 is 111 Å². The molecular formula is C75H98ClF3N16O16. The highest BCUT2D eigenvalue weighted by Gasteiger charge is 2.41. The summed E-state index contributed by atoms with van der Waals surface area (Å²) in [5, 5.41) is 51.5. The molecule has 1 aliphatic heterocycles. The zero-order valence-electron chi connectivity index (χ0n) is 62.8. The van der Waals surface area contributed by atoms with Crippen LogP contribution in [0.15, 0.2) is 116 Å². The number of nitrogens with one attached hydrogen (secondary N) is 11. The smallest absolute Gasteiger partial charge is 0.430 e. The first-order chi connectivity index (χ1) is 52.3. The van der Waals surface area contributed by atoms with Gasteiger partial charge in [-0.3, -0.25) is 68.4 Å². The summed E-state index contributed by atoms with van der Waals surface area (Å²) in [6, 6.07) is 15.5. The summed E-state index contributed by atoms with van der Waals surface area (Å²) >= 11 is 6.22. The molecule has 2 heterocycles. The van der Waals surface area contributed by atoms with Gasteiger partial charge >= 0.3 is 18.1 Å². The number of benzene rings is 4. The van der Waals surface area contributed by atoms with Crippen LogP contribution in [-0.4, -0.2) is 202 Å². The molecule has 0 saturated carbocycles. The Kier molecular flexibility index (Phi) is 35.7. The van der Waals surface area contributed by atoms with Crippen LogP contribution in [0.2, 0.25) is 5.02 Å². The average Bonchev–Trinajstić information content (AvgIpc) is 1.80. The predicted octanol–water partition coefficient (Wildman–Crippen LogP) is -0.247. The van der Waals surface area contributed by atoms with E-state index in [1.165, 1.54) is 50.2 Å².